The van der Waals surface area contributed by atoms with Crippen LogP contribution in [0.4, 0.5) is 0 Å². The number of oxime groups is 2. The van der Waals surface area contributed by atoms with Crippen molar-refractivity contribution in [1.29, 1.82) is 0 Å². The zero-order valence-corrected chi connectivity index (χ0v) is 8.83. The van der Waals surface area contributed by atoms with Crippen molar-refractivity contribution in [3.8, 4) is 0 Å². The molecule has 0 radical (unpaired) electrons. The van der Waals surface area contributed by atoms with E-state index in [0.29, 0.717) is 0 Å². The van der Waals surface area contributed by atoms with Crippen molar-refractivity contribution in [2.45, 2.75) is 33.1 Å². The zero-order chi connectivity index (χ0) is 10.1. The monoisotopic (exact) mass is 186 g/mol. The Labute approximate surface area is 79.6 Å². The Hall–Kier alpha value is -1.06. The Morgan fingerprint density at radius 3 is 1.62 bits per heavy atom. The third-order valence-electron chi connectivity index (χ3n) is 1.57. The van der Waals surface area contributed by atoms with Crippen LogP contribution in [0.5, 0.6) is 0 Å². The quantitative estimate of drug-likeness (QED) is 0.471. The summed E-state index contributed by atoms with van der Waals surface area (Å²) in [7, 11) is 3.11. The molecule has 0 aromatic heterocycles. The molecular weight excluding hydrogens is 168 g/mol. The lowest BCUT2D eigenvalue weighted by Crippen LogP contribution is -1.97. The van der Waals surface area contributed by atoms with E-state index in [1.807, 2.05) is 13.8 Å². The molecule has 0 bridgehead atoms. The van der Waals surface area contributed by atoms with Crippen molar-refractivity contribution in [2.24, 2.45) is 10.3 Å². The summed E-state index contributed by atoms with van der Waals surface area (Å²) in [5.74, 6) is 0. The molecule has 0 N–H and O–H groups in total. The maximum absolute atomic E-state index is 4.64. The SMILES string of the molecule is CO/N=C(\C)CCC/C(C)=N/OC. The summed E-state index contributed by atoms with van der Waals surface area (Å²) in [6.07, 6.45) is 2.90. The molecule has 0 fully saturated rings. The number of hydrogen-bond donors (Lipinski definition) is 0. The molecule has 0 unspecified atom stereocenters. The van der Waals surface area contributed by atoms with Gasteiger partial charge in [-0.05, 0) is 33.1 Å². The average Bonchev–Trinajstić information content (AvgIpc) is 2.05. The first kappa shape index (κ1) is 11.9. The number of rotatable bonds is 6. The number of hydrogen-bond acceptors (Lipinski definition) is 4. The van der Waals surface area contributed by atoms with Crippen LogP contribution in [0.25, 0.3) is 0 Å². The van der Waals surface area contributed by atoms with E-state index < -0.39 is 0 Å². The highest BCUT2D eigenvalue weighted by molar-refractivity contribution is 5.84. The van der Waals surface area contributed by atoms with Crippen LogP contribution in [0.3, 0.4) is 0 Å². The molecule has 0 rings (SSSR count). The average molecular weight is 186 g/mol. The van der Waals surface area contributed by atoms with E-state index in [1.54, 1.807) is 14.2 Å². The molecule has 4 heteroatoms. The molecule has 0 atom stereocenters. The second-order valence-electron chi connectivity index (χ2n) is 2.87. The molecule has 0 saturated heterocycles. The van der Waals surface area contributed by atoms with Gasteiger partial charge in [0.05, 0.1) is 11.4 Å². The Kier molecular flexibility index (Phi) is 6.96. The van der Waals surface area contributed by atoms with Gasteiger partial charge in [0.15, 0.2) is 0 Å². The molecular formula is C9H18N2O2. The predicted molar refractivity (Wildman–Crippen MR) is 54.1 cm³/mol. The van der Waals surface area contributed by atoms with Crippen molar-refractivity contribution < 1.29 is 9.68 Å². The van der Waals surface area contributed by atoms with E-state index in [-0.39, 0.29) is 0 Å². The van der Waals surface area contributed by atoms with Crippen LogP contribution in [0, 0.1) is 0 Å². The lowest BCUT2D eigenvalue weighted by atomic mass is 10.1. The fourth-order valence-corrected chi connectivity index (χ4v) is 1.00. The first-order chi connectivity index (χ1) is 6.20. The fourth-order valence-electron chi connectivity index (χ4n) is 1.00. The molecule has 76 valence electrons. The minimum atomic E-state index is 0.935. The molecule has 0 aromatic carbocycles. The second kappa shape index (κ2) is 7.58. The minimum Gasteiger partial charge on any atom is -0.399 e. The van der Waals surface area contributed by atoms with Crippen LogP contribution >= 0.6 is 0 Å². The van der Waals surface area contributed by atoms with Crippen LogP contribution in [-0.4, -0.2) is 25.6 Å². The van der Waals surface area contributed by atoms with E-state index in [4.69, 9.17) is 0 Å². The summed E-state index contributed by atoms with van der Waals surface area (Å²) in [4.78, 5) is 9.28. The first-order valence-electron chi connectivity index (χ1n) is 4.34. The molecule has 0 heterocycles. The van der Waals surface area contributed by atoms with E-state index in [0.717, 1.165) is 30.7 Å². The van der Waals surface area contributed by atoms with Gasteiger partial charge in [-0.25, -0.2) is 0 Å². The van der Waals surface area contributed by atoms with Gasteiger partial charge in [0, 0.05) is 0 Å². The standard InChI is InChI=1S/C9H18N2O2/c1-8(10-12-3)6-5-7-9(2)11-13-4/h5-7H2,1-4H3/b10-8+,11-9+. The third kappa shape index (κ3) is 7.31. The van der Waals surface area contributed by atoms with E-state index >= 15 is 0 Å². The zero-order valence-electron chi connectivity index (χ0n) is 8.83. The molecule has 13 heavy (non-hydrogen) atoms. The molecule has 0 amide bonds. The van der Waals surface area contributed by atoms with E-state index in [2.05, 4.69) is 20.0 Å². The van der Waals surface area contributed by atoms with Crippen LogP contribution in [-0.2, 0) is 9.68 Å². The lowest BCUT2D eigenvalue weighted by molar-refractivity contribution is 0.211. The molecule has 0 spiro atoms. The highest BCUT2D eigenvalue weighted by Gasteiger charge is 1.95. The summed E-state index contributed by atoms with van der Waals surface area (Å²) < 4.78 is 0. The van der Waals surface area contributed by atoms with Gasteiger partial charge >= 0.3 is 0 Å². The largest absolute Gasteiger partial charge is 0.399 e. The fraction of sp³-hybridized carbons (Fsp3) is 0.778. The van der Waals surface area contributed by atoms with Crippen LogP contribution in [0.2, 0.25) is 0 Å². The summed E-state index contributed by atoms with van der Waals surface area (Å²) in [6.45, 7) is 3.90. The lowest BCUT2D eigenvalue weighted by Gasteiger charge is -1.99. The number of nitrogens with zero attached hydrogens (tertiary/aromatic N) is 2. The van der Waals surface area contributed by atoms with Crippen molar-refractivity contribution in [3.05, 3.63) is 0 Å². The summed E-state index contributed by atoms with van der Waals surface area (Å²) >= 11 is 0. The van der Waals surface area contributed by atoms with Crippen molar-refractivity contribution in [1.82, 2.24) is 0 Å². The van der Waals surface area contributed by atoms with Crippen LogP contribution in [0.1, 0.15) is 33.1 Å². The van der Waals surface area contributed by atoms with Crippen molar-refractivity contribution >= 4 is 11.4 Å². The molecule has 0 saturated carbocycles. The summed E-state index contributed by atoms with van der Waals surface area (Å²) in [6, 6.07) is 0. The smallest absolute Gasteiger partial charge is 0.106 e. The van der Waals surface area contributed by atoms with E-state index in [9.17, 15) is 0 Å². The summed E-state index contributed by atoms with van der Waals surface area (Å²) in [5.41, 5.74) is 2.01. The van der Waals surface area contributed by atoms with E-state index in [1.165, 1.54) is 0 Å². The third-order valence-corrected chi connectivity index (χ3v) is 1.57. The Balaban J connectivity index is 3.56. The maximum Gasteiger partial charge on any atom is 0.106 e. The van der Waals surface area contributed by atoms with Gasteiger partial charge in [-0.3, -0.25) is 0 Å². The highest BCUT2D eigenvalue weighted by atomic mass is 16.6. The first-order valence-corrected chi connectivity index (χ1v) is 4.34. The molecule has 0 aliphatic heterocycles. The van der Waals surface area contributed by atoms with Crippen molar-refractivity contribution in [2.75, 3.05) is 14.2 Å². The Morgan fingerprint density at radius 1 is 0.923 bits per heavy atom. The second-order valence-corrected chi connectivity index (χ2v) is 2.87. The molecule has 0 aromatic rings. The molecule has 0 aliphatic rings. The van der Waals surface area contributed by atoms with Crippen molar-refractivity contribution in [3.63, 3.8) is 0 Å². The minimum absolute atomic E-state index is 0.935. The molecule has 0 aliphatic carbocycles. The Morgan fingerprint density at radius 2 is 1.31 bits per heavy atom. The van der Waals surface area contributed by atoms with Gasteiger partial charge < -0.3 is 9.68 Å². The van der Waals surface area contributed by atoms with Gasteiger partial charge in [-0.1, -0.05) is 10.3 Å². The predicted octanol–water partition coefficient (Wildman–Crippen LogP) is 2.20. The van der Waals surface area contributed by atoms with Gasteiger partial charge in [-0.15, -0.1) is 0 Å². The molecule has 4 nitrogen and oxygen atoms in total. The van der Waals surface area contributed by atoms with Gasteiger partial charge in [-0.2, -0.15) is 0 Å². The Bertz CT molecular complexity index is 168. The van der Waals surface area contributed by atoms with Gasteiger partial charge in [0.25, 0.3) is 0 Å². The topological polar surface area (TPSA) is 43.2 Å². The van der Waals surface area contributed by atoms with Gasteiger partial charge in [0.1, 0.15) is 14.2 Å². The summed E-state index contributed by atoms with van der Waals surface area (Å²) in [5, 5.41) is 7.63. The van der Waals surface area contributed by atoms with Gasteiger partial charge in [0.2, 0.25) is 0 Å². The van der Waals surface area contributed by atoms with Crippen LogP contribution < -0.4 is 0 Å². The van der Waals surface area contributed by atoms with Crippen LogP contribution in [0.15, 0.2) is 10.3 Å². The normalized spacial score (nSPS) is 12.9. The highest BCUT2D eigenvalue weighted by Crippen LogP contribution is 2.00. The maximum atomic E-state index is 4.64.